The summed E-state index contributed by atoms with van der Waals surface area (Å²) in [5.74, 6) is 3.06. The van der Waals surface area contributed by atoms with Gasteiger partial charge in [-0.1, -0.05) is 48.5 Å². The largest absolute Gasteiger partial charge is 0.449 e. The van der Waals surface area contributed by atoms with Gasteiger partial charge in [0.1, 0.15) is 0 Å². The summed E-state index contributed by atoms with van der Waals surface area (Å²) in [6.45, 7) is 0. The second kappa shape index (κ2) is 4.25. The smallest absolute Gasteiger partial charge is 0.170 e. The summed E-state index contributed by atoms with van der Waals surface area (Å²) in [6.07, 6.45) is 0. The van der Waals surface area contributed by atoms with Crippen LogP contribution in [0.4, 0.5) is 0 Å². The van der Waals surface area contributed by atoms with E-state index in [9.17, 15) is 0 Å². The van der Waals surface area contributed by atoms with E-state index in [4.69, 9.17) is 9.47 Å². The summed E-state index contributed by atoms with van der Waals surface area (Å²) in [4.78, 5) is 0. The van der Waals surface area contributed by atoms with E-state index in [1.807, 2.05) is 48.5 Å². The highest BCUT2D eigenvalue weighted by Crippen LogP contribution is 2.47. The number of hydrogen-bond donors (Lipinski definition) is 0. The second-order valence-corrected chi connectivity index (χ2v) is 5.50. The van der Waals surface area contributed by atoms with Crippen LogP contribution in [0.3, 0.4) is 0 Å². The van der Waals surface area contributed by atoms with Gasteiger partial charge in [0, 0.05) is 0 Å². The average molecular weight is 284 g/mol. The molecule has 0 amide bonds. The summed E-state index contributed by atoms with van der Waals surface area (Å²) in [7, 11) is 0. The van der Waals surface area contributed by atoms with Gasteiger partial charge in [0.2, 0.25) is 0 Å². The van der Waals surface area contributed by atoms with E-state index in [1.54, 1.807) is 0 Å². The number of fused-ring (bicyclic) bond motifs is 4. The molecule has 1 aliphatic rings. The number of ether oxygens (including phenoxy) is 2. The van der Waals surface area contributed by atoms with E-state index in [0.717, 1.165) is 44.5 Å². The predicted octanol–water partition coefficient (Wildman–Crippen LogP) is 5.89. The Morgan fingerprint density at radius 3 is 0.955 bits per heavy atom. The van der Waals surface area contributed by atoms with Gasteiger partial charge in [-0.15, -0.1) is 0 Å². The summed E-state index contributed by atoms with van der Waals surface area (Å²) < 4.78 is 12.1. The van der Waals surface area contributed by atoms with Crippen molar-refractivity contribution in [3.63, 3.8) is 0 Å². The SMILES string of the molecule is c1ccc2cc3c(cc2c1)Oc1cc2ccccc2cc1O3. The molecule has 1 heterocycles. The van der Waals surface area contributed by atoms with Crippen molar-refractivity contribution in [2.45, 2.75) is 0 Å². The number of benzene rings is 4. The zero-order valence-corrected chi connectivity index (χ0v) is 11.7. The van der Waals surface area contributed by atoms with Gasteiger partial charge in [-0.3, -0.25) is 0 Å². The summed E-state index contributed by atoms with van der Waals surface area (Å²) in [5.41, 5.74) is 0. The highest BCUT2D eigenvalue weighted by molar-refractivity contribution is 5.89. The maximum atomic E-state index is 6.07. The minimum atomic E-state index is 0.765. The summed E-state index contributed by atoms with van der Waals surface area (Å²) >= 11 is 0. The van der Waals surface area contributed by atoms with Crippen molar-refractivity contribution < 1.29 is 9.47 Å². The lowest BCUT2D eigenvalue weighted by Crippen LogP contribution is -1.99. The van der Waals surface area contributed by atoms with Crippen LogP contribution in [0.1, 0.15) is 0 Å². The van der Waals surface area contributed by atoms with Crippen molar-refractivity contribution in [1.29, 1.82) is 0 Å². The first kappa shape index (κ1) is 11.6. The zero-order valence-electron chi connectivity index (χ0n) is 11.7. The van der Waals surface area contributed by atoms with Gasteiger partial charge in [0.25, 0.3) is 0 Å². The van der Waals surface area contributed by atoms with Gasteiger partial charge in [0.15, 0.2) is 23.0 Å². The van der Waals surface area contributed by atoms with Gasteiger partial charge in [0.05, 0.1) is 0 Å². The first-order chi connectivity index (χ1) is 10.9. The van der Waals surface area contributed by atoms with Crippen LogP contribution in [0.2, 0.25) is 0 Å². The molecule has 2 nitrogen and oxygen atoms in total. The fraction of sp³-hybridized carbons (Fsp3) is 0. The summed E-state index contributed by atoms with van der Waals surface area (Å²) in [6, 6.07) is 24.5. The molecule has 4 aromatic rings. The van der Waals surface area contributed by atoms with Crippen LogP contribution in [0.15, 0.2) is 72.8 Å². The molecule has 5 rings (SSSR count). The Morgan fingerprint density at radius 1 is 0.409 bits per heavy atom. The molecule has 104 valence electrons. The van der Waals surface area contributed by atoms with Crippen LogP contribution < -0.4 is 9.47 Å². The molecule has 4 aromatic carbocycles. The lowest BCUT2D eigenvalue weighted by Gasteiger charge is -2.21. The topological polar surface area (TPSA) is 18.5 Å². The monoisotopic (exact) mass is 284 g/mol. The maximum absolute atomic E-state index is 6.07. The van der Waals surface area contributed by atoms with Crippen molar-refractivity contribution in [2.75, 3.05) is 0 Å². The van der Waals surface area contributed by atoms with E-state index in [2.05, 4.69) is 24.3 Å². The van der Waals surface area contributed by atoms with Crippen molar-refractivity contribution >= 4 is 21.5 Å². The standard InChI is InChI=1S/C20H12O2/c1-2-6-14-10-18-17(9-13(14)5-1)21-19-11-15-7-3-4-8-16(15)12-20(19)22-18/h1-12H. The molecule has 0 fully saturated rings. The molecule has 0 bridgehead atoms. The van der Waals surface area contributed by atoms with Gasteiger partial charge >= 0.3 is 0 Å². The quantitative estimate of drug-likeness (QED) is 0.353. The van der Waals surface area contributed by atoms with Crippen LogP contribution in [0, 0.1) is 0 Å². The molecule has 22 heavy (non-hydrogen) atoms. The van der Waals surface area contributed by atoms with Crippen molar-refractivity contribution in [2.24, 2.45) is 0 Å². The molecule has 0 spiro atoms. The van der Waals surface area contributed by atoms with Crippen molar-refractivity contribution in [3.05, 3.63) is 72.8 Å². The van der Waals surface area contributed by atoms with E-state index in [-0.39, 0.29) is 0 Å². The van der Waals surface area contributed by atoms with E-state index in [0.29, 0.717) is 0 Å². The minimum Gasteiger partial charge on any atom is -0.449 e. The third-order valence-electron chi connectivity index (χ3n) is 4.06. The predicted molar refractivity (Wildman–Crippen MR) is 88.0 cm³/mol. The van der Waals surface area contributed by atoms with Crippen molar-refractivity contribution in [1.82, 2.24) is 0 Å². The molecule has 2 heteroatoms. The first-order valence-corrected chi connectivity index (χ1v) is 7.28. The second-order valence-electron chi connectivity index (χ2n) is 5.50. The molecule has 0 saturated heterocycles. The van der Waals surface area contributed by atoms with Crippen molar-refractivity contribution in [3.8, 4) is 23.0 Å². The van der Waals surface area contributed by atoms with Crippen LogP contribution in [0.25, 0.3) is 21.5 Å². The number of hydrogen-bond acceptors (Lipinski definition) is 2. The van der Waals surface area contributed by atoms with Crippen LogP contribution >= 0.6 is 0 Å². The Balaban J connectivity index is 1.71. The molecule has 0 aromatic heterocycles. The summed E-state index contributed by atoms with van der Waals surface area (Å²) in [5, 5.41) is 4.59. The third-order valence-corrected chi connectivity index (χ3v) is 4.06. The fourth-order valence-electron chi connectivity index (χ4n) is 2.95. The lowest BCUT2D eigenvalue weighted by atomic mass is 10.1. The fourth-order valence-corrected chi connectivity index (χ4v) is 2.95. The average Bonchev–Trinajstić information content (AvgIpc) is 2.56. The van der Waals surface area contributed by atoms with Crippen LogP contribution in [-0.2, 0) is 0 Å². The Hall–Kier alpha value is -3.00. The molecule has 0 N–H and O–H groups in total. The van der Waals surface area contributed by atoms with Crippen LogP contribution in [0.5, 0.6) is 23.0 Å². The zero-order chi connectivity index (χ0) is 14.5. The Labute approximate surface area is 127 Å². The highest BCUT2D eigenvalue weighted by Gasteiger charge is 2.20. The molecular weight excluding hydrogens is 272 g/mol. The third kappa shape index (κ3) is 1.67. The Morgan fingerprint density at radius 2 is 0.682 bits per heavy atom. The van der Waals surface area contributed by atoms with Gasteiger partial charge in [-0.2, -0.15) is 0 Å². The first-order valence-electron chi connectivity index (χ1n) is 7.28. The molecule has 0 radical (unpaired) electrons. The molecule has 1 aliphatic heterocycles. The molecule has 0 saturated carbocycles. The van der Waals surface area contributed by atoms with Gasteiger partial charge in [-0.05, 0) is 45.8 Å². The molecule has 0 atom stereocenters. The van der Waals surface area contributed by atoms with E-state index >= 15 is 0 Å². The minimum absolute atomic E-state index is 0.765. The normalized spacial score (nSPS) is 12.4. The van der Waals surface area contributed by atoms with Gasteiger partial charge < -0.3 is 9.47 Å². The Kier molecular flexibility index (Phi) is 2.25. The lowest BCUT2D eigenvalue weighted by molar-refractivity contribution is 0.361. The Bertz CT molecular complexity index is 868. The van der Waals surface area contributed by atoms with E-state index < -0.39 is 0 Å². The molecular formula is C20H12O2. The highest BCUT2D eigenvalue weighted by atomic mass is 16.6. The maximum Gasteiger partial charge on any atom is 0.170 e. The molecule has 0 unspecified atom stereocenters. The number of rotatable bonds is 0. The molecule has 0 aliphatic carbocycles. The van der Waals surface area contributed by atoms with Gasteiger partial charge in [-0.25, -0.2) is 0 Å². The van der Waals surface area contributed by atoms with Crippen LogP contribution in [-0.4, -0.2) is 0 Å². The van der Waals surface area contributed by atoms with E-state index in [1.165, 1.54) is 0 Å².